The van der Waals surface area contributed by atoms with Gasteiger partial charge in [0.05, 0.1) is 17.5 Å². The Morgan fingerprint density at radius 3 is 2.56 bits per heavy atom. The standard InChI is InChI=1S/C21H21N5O/c1-14-15(2)25-26-20(23-13-19(27)17-8-10-22-11-9-17)12-18(24-21(14)26)16-6-4-3-5-7-16/h3-12,19,23,27H,13H2,1-2H3. The maximum atomic E-state index is 10.5. The fraction of sp³-hybridized carbons (Fsp3) is 0.190. The molecule has 0 bridgehead atoms. The summed E-state index contributed by atoms with van der Waals surface area (Å²) in [6.07, 6.45) is 2.71. The Labute approximate surface area is 157 Å². The predicted molar refractivity (Wildman–Crippen MR) is 106 cm³/mol. The highest BCUT2D eigenvalue weighted by molar-refractivity contribution is 5.68. The van der Waals surface area contributed by atoms with Crippen molar-refractivity contribution < 1.29 is 5.11 Å². The molecule has 0 aliphatic rings. The first kappa shape index (κ1) is 17.2. The van der Waals surface area contributed by atoms with Gasteiger partial charge in [-0.25, -0.2) is 4.98 Å². The Morgan fingerprint density at radius 2 is 1.81 bits per heavy atom. The molecule has 6 heteroatoms. The minimum absolute atomic E-state index is 0.356. The van der Waals surface area contributed by atoms with E-state index in [-0.39, 0.29) is 0 Å². The Balaban J connectivity index is 1.71. The fourth-order valence-corrected chi connectivity index (χ4v) is 3.02. The third-order valence-electron chi connectivity index (χ3n) is 4.69. The second kappa shape index (κ2) is 7.17. The summed E-state index contributed by atoms with van der Waals surface area (Å²) in [5.41, 5.74) is 5.52. The number of nitrogens with zero attached hydrogens (tertiary/aromatic N) is 4. The molecule has 3 heterocycles. The largest absolute Gasteiger partial charge is 0.387 e. The van der Waals surface area contributed by atoms with Crippen LogP contribution < -0.4 is 5.32 Å². The molecule has 6 nitrogen and oxygen atoms in total. The molecule has 0 radical (unpaired) electrons. The van der Waals surface area contributed by atoms with Crippen molar-refractivity contribution in [3.63, 3.8) is 0 Å². The normalized spacial score (nSPS) is 12.3. The summed E-state index contributed by atoms with van der Waals surface area (Å²) < 4.78 is 1.80. The highest BCUT2D eigenvalue weighted by Crippen LogP contribution is 2.25. The number of anilines is 1. The molecule has 0 amide bonds. The quantitative estimate of drug-likeness (QED) is 0.570. The molecule has 136 valence electrons. The van der Waals surface area contributed by atoms with E-state index in [4.69, 9.17) is 4.98 Å². The van der Waals surface area contributed by atoms with E-state index in [1.807, 2.05) is 62.4 Å². The minimum Gasteiger partial charge on any atom is -0.387 e. The number of benzene rings is 1. The predicted octanol–water partition coefficient (Wildman–Crippen LogP) is 3.55. The van der Waals surface area contributed by atoms with Crippen molar-refractivity contribution in [2.45, 2.75) is 20.0 Å². The number of pyridine rings is 1. The van der Waals surface area contributed by atoms with Gasteiger partial charge in [0.15, 0.2) is 5.65 Å². The molecule has 27 heavy (non-hydrogen) atoms. The molecule has 0 fully saturated rings. The van der Waals surface area contributed by atoms with E-state index >= 15 is 0 Å². The summed E-state index contributed by atoms with van der Waals surface area (Å²) in [6.45, 7) is 4.35. The third-order valence-corrected chi connectivity index (χ3v) is 4.69. The zero-order chi connectivity index (χ0) is 18.8. The maximum Gasteiger partial charge on any atom is 0.161 e. The van der Waals surface area contributed by atoms with Crippen LogP contribution in [0.4, 0.5) is 5.82 Å². The van der Waals surface area contributed by atoms with E-state index in [1.165, 1.54) is 0 Å². The average Bonchev–Trinajstić information content (AvgIpc) is 3.01. The second-order valence-electron chi connectivity index (χ2n) is 6.52. The van der Waals surface area contributed by atoms with Gasteiger partial charge in [-0.05, 0) is 31.5 Å². The molecule has 4 rings (SSSR count). The van der Waals surface area contributed by atoms with Gasteiger partial charge in [0.25, 0.3) is 0 Å². The number of aromatic nitrogens is 4. The van der Waals surface area contributed by atoms with Gasteiger partial charge in [-0.15, -0.1) is 0 Å². The Kier molecular flexibility index (Phi) is 4.56. The molecule has 1 atom stereocenters. The average molecular weight is 359 g/mol. The highest BCUT2D eigenvalue weighted by atomic mass is 16.3. The lowest BCUT2D eigenvalue weighted by Crippen LogP contribution is -2.15. The molecule has 0 aliphatic carbocycles. The number of fused-ring (bicyclic) bond motifs is 1. The van der Waals surface area contributed by atoms with Gasteiger partial charge in [-0.3, -0.25) is 4.98 Å². The second-order valence-corrected chi connectivity index (χ2v) is 6.52. The van der Waals surface area contributed by atoms with Crippen molar-refractivity contribution in [1.82, 2.24) is 19.6 Å². The smallest absolute Gasteiger partial charge is 0.161 e. The van der Waals surface area contributed by atoms with Crippen LogP contribution in [0.15, 0.2) is 60.9 Å². The molecule has 1 unspecified atom stereocenters. The lowest BCUT2D eigenvalue weighted by molar-refractivity contribution is 0.191. The van der Waals surface area contributed by atoms with E-state index in [9.17, 15) is 5.11 Å². The van der Waals surface area contributed by atoms with Crippen molar-refractivity contribution in [2.24, 2.45) is 0 Å². The molecule has 0 spiro atoms. The Morgan fingerprint density at radius 1 is 1.07 bits per heavy atom. The molecular weight excluding hydrogens is 338 g/mol. The van der Waals surface area contributed by atoms with Crippen molar-refractivity contribution in [3.05, 3.63) is 77.7 Å². The van der Waals surface area contributed by atoms with Crippen LogP contribution in [0.3, 0.4) is 0 Å². The number of hydrogen-bond acceptors (Lipinski definition) is 5. The van der Waals surface area contributed by atoms with Crippen molar-refractivity contribution in [3.8, 4) is 11.3 Å². The topological polar surface area (TPSA) is 75.3 Å². The summed E-state index contributed by atoms with van der Waals surface area (Å²) in [4.78, 5) is 8.79. The van der Waals surface area contributed by atoms with E-state index in [1.54, 1.807) is 16.9 Å². The number of aliphatic hydroxyl groups excluding tert-OH is 1. The zero-order valence-corrected chi connectivity index (χ0v) is 15.3. The van der Waals surface area contributed by atoms with Gasteiger partial charge in [-0.2, -0.15) is 9.61 Å². The van der Waals surface area contributed by atoms with Crippen LogP contribution in [-0.2, 0) is 0 Å². The Hall–Kier alpha value is -3.25. The van der Waals surface area contributed by atoms with E-state index in [2.05, 4.69) is 15.4 Å². The molecular formula is C21H21N5O. The summed E-state index contributed by atoms with van der Waals surface area (Å²) in [5, 5.41) is 18.4. The molecule has 0 saturated carbocycles. The third kappa shape index (κ3) is 3.39. The van der Waals surface area contributed by atoms with Gasteiger partial charge in [0.2, 0.25) is 0 Å². The van der Waals surface area contributed by atoms with E-state index < -0.39 is 6.10 Å². The number of aryl methyl sites for hydroxylation is 2. The van der Waals surface area contributed by atoms with Gasteiger partial charge < -0.3 is 10.4 Å². The van der Waals surface area contributed by atoms with Gasteiger partial charge in [-0.1, -0.05) is 30.3 Å². The molecule has 2 N–H and O–H groups in total. The highest BCUT2D eigenvalue weighted by Gasteiger charge is 2.14. The van der Waals surface area contributed by atoms with E-state index in [0.29, 0.717) is 6.54 Å². The van der Waals surface area contributed by atoms with Crippen LogP contribution in [-0.4, -0.2) is 31.2 Å². The zero-order valence-electron chi connectivity index (χ0n) is 15.3. The first-order valence-corrected chi connectivity index (χ1v) is 8.88. The summed E-state index contributed by atoms with van der Waals surface area (Å²) in [5.74, 6) is 0.795. The fourth-order valence-electron chi connectivity index (χ4n) is 3.02. The maximum absolute atomic E-state index is 10.5. The molecule has 4 aromatic rings. The first-order valence-electron chi connectivity index (χ1n) is 8.88. The van der Waals surface area contributed by atoms with Crippen molar-refractivity contribution in [1.29, 1.82) is 0 Å². The van der Waals surface area contributed by atoms with Crippen LogP contribution in [0.25, 0.3) is 16.9 Å². The van der Waals surface area contributed by atoms with Crippen molar-refractivity contribution >= 4 is 11.5 Å². The van der Waals surface area contributed by atoms with Crippen LogP contribution in [0.1, 0.15) is 22.9 Å². The van der Waals surface area contributed by atoms with Crippen LogP contribution in [0, 0.1) is 13.8 Å². The number of nitrogens with one attached hydrogen (secondary N) is 1. The van der Waals surface area contributed by atoms with Crippen LogP contribution >= 0.6 is 0 Å². The van der Waals surface area contributed by atoms with Crippen LogP contribution in [0.5, 0.6) is 0 Å². The van der Waals surface area contributed by atoms with Gasteiger partial charge >= 0.3 is 0 Å². The summed E-state index contributed by atoms with van der Waals surface area (Å²) in [6, 6.07) is 15.6. The van der Waals surface area contributed by atoms with Gasteiger partial charge in [0, 0.05) is 36.1 Å². The monoisotopic (exact) mass is 359 g/mol. The molecule has 0 aliphatic heterocycles. The molecule has 3 aromatic heterocycles. The summed E-state index contributed by atoms with van der Waals surface area (Å²) >= 11 is 0. The number of hydrogen-bond donors (Lipinski definition) is 2. The lowest BCUT2D eigenvalue weighted by atomic mass is 10.1. The molecule has 0 saturated heterocycles. The van der Waals surface area contributed by atoms with E-state index in [0.717, 1.165) is 39.5 Å². The number of rotatable bonds is 5. The first-order chi connectivity index (χ1) is 13.1. The Bertz CT molecular complexity index is 1060. The molecule has 1 aromatic carbocycles. The minimum atomic E-state index is -0.644. The van der Waals surface area contributed by atoms with Crippen molar-refractivity contribution in [2.75, 3.05) is 11.9 Å². The lowest BCUT2D eigenvalue weighted by Gasteiger charge is -2.15. The van der Waals surface area contributed by atoms with Gasteiger partial charge in [0.1, 0.15) is 5.82 Å². The SMILES string of the molecule is Cc1nn2c(NCC(O)c3ccncc3)cc(-c3ccccc3)nc2c1C. The van der Waals surface area contributed by atoms with Crippen LogP contribution in [0.2, 0.25) is 0 Å². The summed E-state index contributed by atoms with van der Waals surface area (Å²) in [7, 11) is 0. The number of aliphatic hydroxyl groups is 1.